The van der Waals surface area contributed by atoms with Crippen molar-refractivity contribution in [3.8, 4) is 0 Å². The number of carbonyl (C=O) groups excluding carboxylic acids is 1. The molecule has 0 saturated heterocycles. The summed E-state index contributed by atoms with van der Waals surface area (Å²) in [5, 5.41) is 11.5. The van der Waals surface area contributed by atoms with Crippen LogP contribution in [0.5, 0.6) is 0 Å². The molecule has 24 heavy (non-hydrogen) atoms. The van der Waals surface area contributed by atoms with Gasteiger partial charge in [0.2, 0.25) is 0 Å². The van der Waals surface area contributed by atoms with Gasteiger partial charge in [0.25, 0.3) is 11.6 Å². The molecule has 7 heteroatoms. The zero-order valence-corrected chi connectivity index (χ0v) is 13.8. The largest absolute Gasteiger partial charge is 0.327 e. The fourth-order valence-corrected chi connectivity index (χ4v) is 2.92. The van der Waals surface area contributed by atoms with E-state index in [9.17, 15) is 14.9 Å². The molecule has 6 nitrogen and oxygen atoms in total. The molecule has 1 saturated carbocycles. The van der Waals surface area contributed by atoms with E-state index in [-0.39, 0.29) is 34.3 Å². The van der Waals surface area contributed by atoms with Gasteiger partial charge in [-0.25, -0.2) is 0 Å². The molecule has 0 N–H and O–H groups in total. The Morgan fingerprint density at radius 2 is 2.12 bits per heavy atom. The quantitative estimate of drug-likeness (QED) is 0.606. The summed E-state index contributed by atoms with van der Waals surface area (Å²) in [6.07, 6.45) is 3.46. The molecule has 1 atom stereocenters. The summed E-state index contributed by atoms with van der Waals surface area (Å²) >= 11 is 5.84. The summed E-state index contributed by atoms with van der Waals surface area (Å²) in [6.45, 7) is 1.89. The molecule has 0 aliphatic heterocycles. The third-order valence-corrected chi connectivity index (χ3v) is 4.33. The van der Waals surface area contributed by atoms with Crippen LogP contribution in [0.1, 0.15) is 41.9 Å². The van der Waals surface area contributed by atoms with Crippen molar-refractivity contribution >= 4 is 23.2 Å². The van der Waals surface area contributed by atoms with Gasteiger partial charge >= 0.3 is 0 Å². The van der Waals surface area contributed by atoms with Gasteiger partial charge < -0.3 is 4.90 Å². The van der Waals surface area contributed by atoms with Crippen LogP contribution in [0.15, 0.2) is 42.6 Å². The lowest BCUT2D eigenvalue weighted by Gasteiger charge is -2.29. The first-order valence-electron chi connectivity index (χ1n) is 7.66. The molecular weight excluding hydrogens is 330 g/mol. The number of nitro groups is 1. The van der Waals surface area contributed by atoms with Crippen LogP contribution >= 0.6 is 11.6 Å². The second kappa shape index (κ2) is 6.57. The first-order valence-corrected chi connectivity index (χ1v) is 8.04. The number of hydrogen-bond donors (Lipinski definition) is 0. The second-order valence-electron chi connectivity index (χ2n) is 5.79. The van der Waals surface area contributed by atoms with Gasteiger partial charge in [-0.2, -0.15) is 0 Å². The van der Waals surface area contributed by atoms with Gasteiger partial charge in [0.1, 0.15) is 5.56 Å². The number of halogens is 1. The highest BCUT2D eigenvalue weighted by molar-refractivity contribution is 6.31. The van der Waals surface area contributed by atoms with E-state index in [0.717, 1.165) is 18.5 Å². The van der Waals surface area contributed by atoms with Crippen molar-refractivity contribution in [2.75, 3.05) is 0 Å². The van der Waals surface area contributed by atoms with Crippen molar-refractivity contribution in [1.29, 1.82) is 0 Å². The Morgan fingerprint density at radius 1 is 1.38 bits per heavy atom. The number of nitro benzene ring substituents is 1. The third kappa shape index (κ3) is 3.23. The summed E-state index contributed by atoms with van der Waals surface area (Å²) in [7, 11) is 0. The van der Waals surface area contributed by atoms with E-state index >= 15 is 0 Å². The summed E-state index contributed by atoms with van der Waals surface area (Å²) in [5.74, 6) is -0.362. The number of aromatic nitrogens is 1. The smallest absolute Gasteiger partial charge is 0.283 e. The van der Waals surface area contributed by atoms with Crippen LogP contribution in [-0.4, -0.2) is 26.8 Å². The van der Waals surface area contributed by atoms with Crippen LogP contribution in [-0.2, 0) is 0 Å². The molecule has 1 aromatic heterocycles. The SMILES string of the molecule is CC(c1ccccn1)N(C(=O)c1ccc(Cl)cc1[N+](=O)[O-])C1CC1. The van der Waals surface area contributed by atoms with Crippen molar-refractivity contribution in [3.63, 3.8) is 0 Å². The number of rotatable bonds is 5. The number of pyridine rings is 1. The zero-order valence-electron chi connectivity index (χ0n) is 13.1. The minimum atomic E-state index is -0.574. The van der Waals surface area contributed by atoms with E-state index in [2.05, 4.69) is 4.98 Å². The molecule has 1 unspecified atom stereocenters. The Kier molecular flexibility index (Phi) is 4.49. The standard InChI is InChI=1S/C17H16ClN3O3/c1-11(15-4-2-3-9-19-15)20(13-6-7-13)17(22)14-8-5-12(18)10-16(14)21(23)24/h2-5,8-11,13H,6-7H2,1H3. The zero-order chi connectivity index (χ0) is 17.3. The predicted octanol–water partition coefficient (Wildman–Crippen LogP) is 4.01. The average molecular weight is 346 g/mol. The number of carbonyl (C=O) groups is 1. The van der Waals surface area contributed by atoms with Crippen LogP contribution < -0.4 is 0 Å². The molecule has 1 amide bonds. The molecule has 1 aromatic carbocycles. The van der Waals surface area contributed by atoms with Crippen molar-refractivity contribution in [1.82, 2.24) is 9.88 Å². The highest BCUT2D eigenvalue weighted by Crippen LogP contribution is 2.36. The van der Waals surface area contributed by atoms with E-state index in [0.29, 0.717) is 0 Å². The topological polar surface area (TPSA) is 76.3 Å². The molecule has 1 heterocycles. The summed E-state index contributed by atoms with van der Waals surface area (Å²) in [5.41, 5.74) is 0.541. The molecule has 0 spiro atoms. The van der Waals surface area contributed by atoms with Crippen LogP contribution in [0, 0.1) is 10.1 Å². The van der Waals surface area contributed by atoms with E-state index in [1.54, 1.807) is 11.1 Å². The average Bonchev–Trinajstić information content (AvgIpc) is 3.40. The van der Waals surface area contributed by atoms with Gasteiger partial charge in [0, 0.05) is 23.3 Å². The van der Waals surface area contributed by atoms with Crippen molar-refractivity contribution < 1.29 is 9.72 Å². The van der Waals surface area contributed by atoms with Gasteiger partial charge in [-0.1, -0.05) is 17.7 Å². The number of amides is 1. The van der Waals surface area contributed by atoms with E-state index in [4.69, 9.17) is 11.6 Å². The van der Waals surface area contributed by atoms with Gasteiger partial charge in [-0.15, -0.1) is 0 Å². The highest BCUT2D eigenvalue weighted by Gasteiger charge is 2.39. The van der Waals surface area contributed by atoms with E-state index < -0.39 is 4.92 Å². The molecule has 124 valence electrons. The normalized spacial score (nSPS) is 14.9. The Bertz CT molecular complexity index is 778. The molecule has 0 bridgehead atoms. The highest BCUT2D eigenvalue weighted by atomic mass is 35.5. The van der Waals surface area contributed by atoms with Gasteiger partial charge in [0.15, 0.2) is 0 Å². The third-order valence-electron chi connectivity index (χ3n) is 4.09. The predicted molar refractivity (Wildman–Crippen MR) is 89.9 cm³/mol. The first kappa shape index (κ1) is 16.4. The fourth-order valence-electron chi connectivity index (χ4n) is 2.75. The van der Waals surface area contributed by atoms with Gasteiger partial charge in [-0.3, -0.25) is 19.9 Å². The maximum Gasteiger partial charge on any atom is 0.283 e. The molecule has 1 aliphatic carbocycles. The van der Waals surface area contributed by atoms with Gasteiger partial charge in [-0.05, 0) is 44.0 Å². The monoisotopic (exact) mass is 345 g/mol. The van der Waals surface area contributed by atoms with Crippen LogP contribution in [0.25, 0.3) is 0 Å². The fraction of sp³-hybridized carbons (Fsp3) is 0.294. The van der Waals surface area contributed by atoms with Crippen molar-refractivity contribution in [2.24, 2.45) is 0 Å². The molecule has 2 aromatic rings. The maximum atomic E-state index is 13.0. The Labute approximate surface area is 144 Å². The molecule has 0 radical (unpaired) electrons. The van der Waals surface area contributed by atoms with Crippen LogP contribution in [0.4, 0.5) is 5.69 Å². The minimum Gasteiger partial charge on any atom is -0.327 e. The van der Waals surface area contributed by atoms with Crippen LogP contribution in [0.3, 0.4) is 0 Å². The number of benzene rings is 1. The molecule has 1 fully saturated rings. The van der Waals surface area contributed by atoms with E-state index in [1.165, 1.54) is 18.2 Å². The second-order valence-corrected chi connectivity index (χ2v) is 6.23. The Balaban J connectivity index is 1.98. The summed E-state index contributed by atoms with van der Waals surface area (Å²) < 4.78 is 0. The number of nitrogens with zero attached hydrogens (tertiary/aromatic N) is 3. The Morgan fingerprint density at radius 3 is 2.71 bits per heavy atom. The van der Waals surface area contributed by atoms with Gasteiger partial charge in [0.05, 0.1) is 16.7 Å². The van der Waals surface area contributed by atoms with Crippen molar-refractivity contribution in [2.45, 2.75) is 31.8 Å². The number of hydrogen-bond acceptors (Lipinski definition) is 4. The maximum absolute atomic E-state index is 13.0. The van der Waals surface area contributed by atoms with E-state index in [1.807, 2.05) is 25.1 Å². The lowest BCUT2D eigenvalue weighted by molar-refractivity contribution is -0.385. The summed E-state index contributed by atoms with van der Waals surface area (Å²) in [6, 6.07) is 9.48. The molecule has 1 aliphatic rings. The minimum absolute atomic E-state index is 0.0547. The lowest BCUT2D eigenvalue weighted by Crippen LogP contribution is -2.36. The lowest BCUT2D eigenvalue weighted by atomic mass is 10.1. The Hall–Kier alpha value is -2.47. The molecule has 3 rings (SSSR count). The molecular formula is C17H16ClN3O3. The summed E-state index contributed by atoms with van der Waals surface area (Å²) in [4.78, 5) is 29.7. The van der Waals surface area contributed by atoms with Crippen LogP contribution in [0.2, 0.25) is 5.02 Å². The van der Waals surface area contributed by atoms with Crippen molar-refractivity contribution in [3.05, 3.63) is 69.0 Å². The first-order chi connectivity index (χ1) is 11.5.